The molecular formula is C8H15NO3S. The highest BCUT2D eigenvalue weighted by molar-refractivity contribution is 7.90. The van der Waals surface area contributed by atoms with Crippen molar-refractivity contribution in [1.82, 2.24) is 4.72 Å². The highest BCUT2D eigenvalue weighted by Gasteiger charge is 2.37. The summed E-state index contributed by atoms with van der Waals surface area (Å²) in [6, 6.07) is 0. The summed E-state index contributed by atoms with van der Waals surface area (Å²) in [5.41, 5.74) is 0. The Morgan fingerprint density at radius 2 is 1.92 bits per heavy atom. The van der Waals surface area contributed by atoms with Crippen molar-refractivity contribution in [3.05, 3.63) is 0 Å². The molecule has 0 aromatic heterocycles. The van der Waals surface area contributed by atoms with E-state index in [0.29, 0.717) is 5.92 Å². The summed E-state index contributed by atoms with van der Waals surface area (Å²) in [4.78, 5) is 0. The molecule has 2 aliphatic rings. The Labute approximate surface area is 78.4 Å². The molecule has 0 aliphatic heterocycles. The fourth-order valence-electron chi connectivity index (χ4n) is 1.35. The molecule has 76 valence electrons. The summed E-state index contributed by atoms with van der Waals surface area (Å²) in [6.45, 7) is 0.198. The van der Waals surface area contributed by atoms with Crippen LogP contribution in [0.2, 0.25) is 0 Å². The normalized spacial score (nSPS) is 25.9. The van der Waals surface area contributed by atoms with Gasteiger partial charge in [-0.15, -0.1) is 0 Å². The third-order valence-electron chi connectivity index (χ3n) is 2.62. The van der Waals surface area contributed by atoms with Crippen LogP contribution >= 0.6 is 0 Å². The van der Waals surface area contributed by atoms with Gasteiger partial charge in [-0.05, 0) is 31.6 Å². The molecule has 0 saturated heterocycles. The van der Waals surface area contributed by atoms with Gasteiger partial charge < -0.3 is 5.11 Å². The molecule has 0 aromatic rings. The van der Waals surface area contributed by atoms with Crippen LogP contribution in [0.15, 0.2) is 0 Å². The molecule has 0 bridgehead atoms. The third-order valence-corrected chi connectivity index (χ3v) is 4.54. The Morgan fingerprint density at radius 1 is 1.31 bits per heavy atom. The fourth-order valence-corrected chi connectivity index (χ4v) is 2.74. The van der Waals surface area contributed by atoms with Gasteiger partial charge in [0.15, 0.2) is 0 Å². The number of nitrogens with one attached hydrogen (secondary N) is 1. The summed E-state index contributed by atoms with van der Waals surface area (Å²) in [5, 5.41) is 9.25. The van der Waals surface area contributed by atoms with Crippen molar-refractivity contribution in [1.29, 1.82) is 0 Å². The average Bonchev–Trinajstić information content (AvgIpc) is 2.89. The van der Waals surface area contributed by atoms with Gasteiger partial charge in [-0.3, -0.25) is 0 Å². The van der Waals surface area contributed by atoms with Gasteiger partial charge in [0.25, 0.3) is 0 Å². The van der Waals surface area contributed by atoms with Crippen molar-refractivity contribution in [2.45, 2.75) is 37.0 Å². The van der Waals surface area contributed by atoms with Crippen LogP contribution in [0.3, 0.4) is 0 Å². The lowest BCUT2D eigenvalue weighted by molar-refractivity contribution is 0.155. The second-order valence-corrected chi connectivity index (χ2v) is 6.04. The zero-order valence-electron chi connectivity index (χ0n) is 7.44. The first-order valence-electron chi connectivity index (χ1n) is 4.76. The van der Waals surface area contributed by atoms with Crippen LogP contribution in [0.4, 0.5) is 0 Å². The van der Waals surface area contributed by atoms with Gasteiger partial charge in [0.05, 0.1) is 11.4 Å². The maximum atomic E-state index is 11.3. The Balaban J connectivity index is 1.77. The minimum absolute atomic E-state index is 0.182. The van der Waals surface area contributed by atoms with Crippen LogP contribution in [0.25, 0.3) is 0 Å². The van der Waals surface area contributed by atoms with Crippen LogP contribution in [0.1, 0.15) is 25.7 Å². The van der Waals surface area contributed by atoms with Crippen LogP contribution < -0.4 is 4.72 Å². The van der Waals surface area contributed by atoms with E-state index in [9.17, 15) is 13.5 Å². The monoisotopic (exact) mass is 205 g/mol. The van der Waals surface area contributed by atoms with Gasteiger partial charge in [-0.25, -0.2) is 13.1 Å². The minimum Gasteiger partial charge on any atom is -0.391 e. The molecule has 2 aliphatic carbocycles. The van der Waals surface area contributed by atoms with Crippen molar-refractivity contribution in [3.63, 3.8) is 0 Å². The van der Waals surface area contributed by atoms with E-state index in [2.05, 4.69) is 4.72 Å². The van der Waals surface area contributed by atoms with Crippen molar-refractivity contribution < 1.29 is 13.5 Å². The third kappa shape index (κ3) is 2.42. The quantitative estimate of drug-likeness (QED) is 0.655. The Morgan fingerprint density at radius 3 is 2.38 bits per heavy atom. The molecule has 0 amide bonds. The molecule has 5 heteroatoms. The minimum atomic E-state index is -3.10. The summed E-state index contributed by atoms with van der Waals surface area (Å²) in [5.74, 6) is 0.335. The van der Waals surface area contributed by atoms with Gasteiger partial charge in [-0.1, -0.05) is 0 Å². The molecule has 4 nitrogen and oxygen atoms in total. The Bertz CT molecular complexity index is 280. The highest BCUT2D eigenvalue weighted by atomic mass is 32.2. The maximum absolute atomic E-state index is 11.3. The second-order valence-electron chi connectivity index (χ2n) is 4.00. The molecule has 0 aromatic carbocycles. The molecule has 0 heterocycles. The van der Waals surface area contributed by atoms with Gasteiger partial charge in [-0.2, -0.15) is 0 Å². The number of aliphatic hydroxyl groups is 1. The summed E-state index contributed by atoms with van der Waals surface area (Å²) in [6.07, 6.45) is 3.14. The van der Waals surface area contributed by atoms with Gasteiger partial charge in [0.1, 0.15) is 0 Å². The summed E-state index contributed by atoms with van der Waals surface area (Å²) >= 11 is 0. The zero-order valence-corrected chi connectivity index (χ0v) is 8.26. The van der Waals surface area contributed by atoms with Crippen LogP contribution in [0.5, 0.6) is 0 Å². The molecule has 0 radical (unpaired) electrons. The van der Waals surface area contributed by atoms with E-state index < -0.39 is 16.1 Å². The fraction of sp³-hybridized carbons (Fsp3) is 1.00. The van der Waals surface area contributed by atoms with Crippen molar-refractivity contribution in [2.24, 2.45) is 5.92 Å². The number of hydrogen-bond donors (Lipinski definition) is 2. The van der Waals surface area contributed by atoms with Gasteiger partial charge in [0.2, 0.25) is 10.0 Å². The molecular weight excluding hydrogens is 190 g/mol. The smallest absolute Gasteiger partial charge is 0.214 e. The maximum Gasteiger partial charge on any atom is 0.214 e. The predicted octanol–water partition coefficient (Wildman–Crippen LogP) is -0.161. The first-order chi connectivity index (χ1) is 6.09. The second kappa shape index (κ2) is 3.22. The van der Waals surface area contributed by atoms with E-state index >= 15 is 0 Å². The van der Waals surface area contributed by atoms with Crippen molar-refractivity contribution in [2.75, 3.05) is 6.54 Å². The summed E-state index contributed by atoms with van der Waals surface area (Å²) < 4.78 is 25.1. The molecule has 2 rings (SSSR count). The molecule has 2 saturated carbocycles. The number of rotatable bonds is 5. The average molecular weight is 205 g/mol. The Hall–Kier alpha value is -0.130. The molecule has 0 spiro atoms. The van der Waals surface area contributed by atoms with Crippen LogP contribution in [-0.4, -0.2) is 31.4 Å². The van der Waals surface area contributed by atoms with Gasteiger partial charge >= 0.3 is 0 Å². The van der Waals surface area contributed by atoms with Crippen molar-refractivity contribution in [3.8, 4) is 0 Å². The standard InChI is InChI=1S/C8H15NO3S/c10-8(6-1-2-6)5-9-13(11,12)7-3-4-7/h6-10H,1-5H2. The van der Waals surface area contributed by atoms with E-state index in [1.807, 2.05) is 0 Å². The molecule has 13 heavy (non-hydrogen) atoms. The molecule has 1 unspecified atom stereocenters. The lowest BCUT2D eigenvalue weighted by atomic mass is 10.2. The number of aliphatic hydroxyl groups excluding tert-OH is 1. The molecule has 2 fully saturated rings. The number of sulfonamides is 1. The first-order valence-corrected chi connectivity index (χ1v) is 6.31. The lowest BCUT2D eigenvalue weighted by Crippen LogP contribution is -2.35. The topological polar surface area (TPSA) is 66.4 Å². The Kier molecular flexibility index (Phi) is 2.33. The van der Waals surface area contributed by atoms with E-state index in [0.717, 1.165) is 25.7 Å². The van der Waals surface area contributed by atoms with Crippen LogP contribution in [0, 0.1) is 5.92 Å². The van der Waals surface area contributed by atoms with E-state index in [1.165, 1.54) is 0 Å². The zero-order chi connectivity index (χ0) is 9.47. The van der Waals surface area contributed by atoms with E-state index in [-0.39, 0.29) is 11.8 Å². The van der Waals surface area contributed by atoms with E-state index in [4.69, 9.17) is 0 Å². The molecule has 1 atom stereocenters. The lowest BCUT2D eigenvalue weighted by Gasteiger charge is -2.10. The SMILES string of the molecule is O=S(=O)(NCC(O)C1CC1)C1CC1. The van der Waals surface area contributed by atoms with E-state index in [1.54, 1.807) is 0 Å². The number of hydrogen-bond acceptors (Lipinski definition) is 3. The van der Waals surface area contributed by atoms with Crippen molar-refractivity contribution >= 4 is 10.0 Å². The van der Waals surface area contributed by atoms with Gasteiger partial charge in [0, 0.05) is 6.54 Å². The molecule has 2 N–H and O–H groups in total. The first kappa shape index (κ1) is 9.43. The summed E-state index contributed by atoms with van der Waals surface area (Å²) in [7, 11) is -3.10. The highest BCUT2D eigenvalue weighted by Crippen LogP contribution is 2.32. The largest absolute Gasteiger partial charge is 0.391 e. The predicted molar refractivity (Wildman–Crippen MR) is 48.7 cm³/mol. The van der Waals surface area contributed by atoms with Crippen LogP contribution in [-0.2, 0) is 10.0 Å².